The van der Waals surface area contributed by atoms with Gasteiger partial charge in [-0.2, -0.15) is 0 Å². The Labute approximate surface area is 209 Å². The van der Waals surface area contributed by atoms with Crippen LogP contribution in [0.1, 0.15) is 50.7 Å². The minimum atomic E-state index is -0.00804. The summed E-state index contributed by atoms with van der Waals surface area (Å²) in [6.45, 7) is 4.53. The van der Waals surface area contributed by atoms with Crippen molar-refractivity contribution in [3.63, 3.8) is 0 Å². The molecule has 178 valence electrons. The van der Waals surface area contributed by atoms with E-state index in [9.17, 15) is 5.11 Å². The summed E-state index contributed by atoms with van der Waals surface area (Å²) >= 11 is 0. The third-order valence-corrected chi connectivity index (χ3v) is 7.86. The molecule has 2 aromatic heterocycles. The molecule has 7 rings (SSSR count). The molecule has 2 heterocycles. The van der Waals surface area contributed by atoms with Gasteiger partial charge in [0.25, 0.3) is 0 Å². The second kappa shape index (κ2) is 7.72. The zero-order valence-electron chi connectivity index (χ0n) is 20.5. The lowest BCUT2D eigenvalue weighted by molar-refractivity contribution is 0.435. The maximum Gasteiger partial charge on any atom is 0.231 e. The first-order valence-corrected chi connectivity index (χ1v) is 12.8. The molecule has 0 atom stereocenters. The third-order valence-electron chi connectivity index (χ3n) is 7.86. The van der Waals surface area contributed by atoms with Crippen LogP contribution in [0.15, 0.2) is 81.6 Å². The van der Waals surface area contributed by atoms with Crippen LogP contribution in [0.25, 0.3) is 55.6 Å². The number of phenolic OH excluding ortho intramolecular Hbond substituents is 1. The molecule has 0 spiro atoms. The average molecular weight is 474 g/mol. The number of benzene rings is 4. The van der Waals surface area contributed by atoms with Gasteiger partial charge in [-0.3, -0.25) is 0 Å². The molecule has 1 N–H and O–H groups in total. The number of furan rings is 1. The van der Waals surface area contributed by atoms with Gasteiger partial charge in [-0.05, 0) is 65.4 Å². The number of hydrogen-bond acceptors (Lipinski definition) is 4. The van der Waals surface area contributed by atoms with E-state index >= 15 is 0 Å². The van der Waals surface area contributed by atoms with Gasteiger partial charge in [-0.15, -0.1) is 0 Å². The number of aromatic nitrogens is 1. The average Bonchev–Trinajstić information content (AvgIpc) is 3.54. The van der Waals surface area contributed by atoms with E-state index in [0.717, 1.165) is 53.1 Å². The van der Waals surface area contributed by atoms with E-state index in [1.54, 1.807) is 6.07 Å². The standard InChI is InChI=1S/C32H27NO3/c1-3-13-32(14-4-2)24-11-7-5-9-19(24)21-15-26-30(18-25(21)32)36-31(33-26)23-17-29-22(16-27(23)34)20-10-6-8-12-28(20)35-29/h5-12,15-18,34H,3-4,13-14H2,1-2H3. The first-order valence-electron chi connectivity index (χ1n) is 12.8. The normalized spacial score (nSPS) is 14.1. The summed E-state index contributed by atoms with van der Waals surface area (Å²) in [6.07, 6.45) is 4.42. The van der Waals surface area contributed by atoms with Crippen molar-refractivity contribution in [1.82, 2.24) is 4.98 Å². The van der Waals surface area contributed by atoms with Crippen molar-refractivity contribution < 1.29 is 13.9 Å². The summed E-state index contributed by atoms with van der Waals surface area (Å²) in [5.74, 6) is 0.531. The molecule has 0 bridgehead atoms. The van der Waals surface area contributed by atoms with Crippen LogP contribution in [0.3, 0.4) is 0 Å². The number of para-hydroxylation sites is 1. The summed E-state index contributed by atoms with van der Waals surface area (Å²) in [5, 5.41) is 12.8. The highest BCUT2D eigenvalue weighted by Crippen LogP contribution is 2.54. The van der Waals surface area contributed by atoms with Gasteiger partial charge in [-0.25, -0.2) is 4.98 Å². The van der Waals surface area contributed by atoms with Crippen LogP contribution >= 0.6 is 0 Å². The fourth-order valence-corrected chi connectivity index (χ4v) is 6.44. The van der Waals surface area contributed by atoms with Gasteiger partial charge in [0.1, 0.15) is 22.4 Å². The summed E-state index contributed by atoms with van der Waals surface area (Å²) in [6, 6.07) is 24.6. The highest BCUT2D eigenvalue weighted by atomic mass is 16.4. The Bertz CT molecular complexity index is 1780. The van der Waals surface area contributed by atoms with E-state index in [4.69, 9.17) is 13.8 Å². The number of fused-ring (bicyclic) bond motifs is 7. The van der Waals surface area contributed by atoms with Gasteiger partial charge < -0.3 is 13.9 Å². The number of aromatic hydroxyl groups is 1. The lowest BCUT2D eigenvalue weighted by Crippen LogP contribution is -2.24. The molecule has 4 nitrogen and oxygen atoms in total. The summed E-state index contributed by atoms with van der Waals surface area (Å²) in [4.78, 5) is 4.83. The van der Waals surface area contributed by atoms with E-state index in [-0.39, 0.29) is 11.2 Å². The quantitative estimate of drug-likeness (QED) is 0.271. The van der Waals surface area contributed by atoms with E-state index in [0.29, 0.717) is 17.0 Å². The molecular weight excluding hydrogens is 446 g/mol. The van der Waals surface area contributed by atoms with Crippen LogP contribution in [0, 0.1) is 0 Å². The Balaban J connectivity index is 1.43. The van der Waals surface area contributed by atoms with E-state index < -0.39 is 0 Å². The number of rotatable bonds is 5. The van der Waals surface area contributed by atoms with Crippen LogP contribution < -0.4 is 0 Å². The molecule has 1 aliphatic carbocycles. The monoisotopic (exact) mass is 473 g/mol. The first kappa shape index (κ1) is 21.3. The van der Waals surface area contributed by atoms with Gasteiger partial charge in [-0.1, -0.05) is 69.2 Å². The Kier molecular flexibility index (Phi) is 4.56. The fraction of sp³-hybridized carbons (Fsp3) is 0.219. The molecule has 0 saturated carbocycles. The fourth-order valence-electron chi connectivity index (χ4n) is 6.44. The highest BCUT2D eigenvalue weighted by molar-refractivity contribution is 6.06. The zero-order valence-corrected chi connectivity index (χ0v) is 20.5. The smallest absolute Gasteiger partial charge is 0.231 e. The molecule has 0 radical (unpaired) electrons. The molecule has 0 fully saturated rings. The van der Waals surface area contributed by atoms with Crippen molar-refractivity contribution in [3.05, 3.63) is 83.9 Å². The van der Waals surface area contributed by atoms with Crippen molar-refractivity contribution in [3.8, 4) is 28.3 Å². The zero-order chi connectivity index (χ0) is 24.4. The van der Waals surface area contributed by atoms with E-state index in [1.807, 2.05) is 30.3 Å². The molecule has 4 aromatic carbocycles. The summed E-state index contributed by atoms with van der Waals surface area (Å²) in [7, 11) is 0. The Hall–Kier alpha value is -4.05. The largest absolute Gasteiger partial charge is 0.507 e. The van der Waals surface area contributed by atoms with Gasteiger partial charge in [0.2, 0.25) is 5.89 Å². The van der Waals surface area contributed by atoms with Gasteiger partial charge >= 0.3 is 0 Å². The minimum Gasteiger partial charge on any atom is -0.507 e. The molecule has 0 unspecified atom stereocenters. The SMILES string of the molecule is CCCC1(CCC)c2ccccc2-c2cc3nc(-c4cc5oc6ccccc6c5cc4O)oc3cc21. The van der Waals surface area contributed by atoms with Gasteiger partial charge in [0.05, 0.1) is 5.56 Å². The number of oxazole rings is 1. The summed E-state index contributed by atoms with van der Waals surface area (Å²) in [5.41, 5.74) is 8.86. The van der Waals surface area contributed by atoms with Crippen LogP contribution in [0.5, 0.6) is 5.75 Å². The highest BCUT2D eigenvalue weighted by Gasteiger charge is 2.42. The van der Waals surface area contributed by atoms with Crippen molar-refractivity contribution in [2.24, 2.45) is 0 Å². The van der Waals surface area contributed by atoms with E-state index in [1.165, 1.54) is 22.3 Å². The molecular formula is C32H27NO3. The van der Waals surface area contributed by atoms with Gasteiger partial charge in [0, 0.05) is 16.2 Å². The lowest BCUT2D eigenvalue weighted by Gasteiger charge is -2.31. The van der Waals surface area contributed by atoms with Crippen molar-refractivity contribution >= 4 is 33.0 Å². The molecule has 1 aliphatic rings. The lowest BCUT2D eigenvalue weighted by atomic mass is 9.71. The van der Waals surface area contributed by atoms with E-state index in [2.05, 4.69) is 50.2 Å². The summed E-state index contributed by atoms with van der Waals surface area (Å²) < 4.78 is 12.4. The minimum absolute atomic E-state index is 0.00804. The van der Waals surface area contributed by atoms with Crippen LogP contribution in [0.4, 0.5) is 0 Å². The topological polar surface area (TPSA) is 59.4 Å². The first-order chi connectivity index (χ1) is 17.6. The van der Waals surface area contributed by atoms with Crippen molar-refractivity contribution in [2.45, 2.75) is 44.9 Å². The Morgan fingerprint density at radius 1 is 0.694 bits per heavy atom. The second-order valence-electron chi connectivity index (χ2n) is 9.98. The van der Waals surface area contributed by atoms with Crippen molar-refractivity contribution in [1.29, 1.82) is 0 Å². The number of hydrogen-bond donors (Lipinski definition) is 1. The molecule has 36 heavy (non-hydrogen) atoms. The Morgan fingerprint density at radius 2 is 1.47 bits per heavy atom. The molecule has 0 aliphatic heterocycles. The van der Waals surface area contributed by atoms with Gasteiger partial charge in [0.15, 0.2) is 5.58 Å². The molecule has 0 saturated heterocycles. The molecule has 0 amide bonds. The predicted molar refractivity (Wildman–Crippen MR) is 144 cm³/mol. The molecule has 6 aromatic rings. The maximum absolute atomic E-state index is 10.9. The van der Waals surface area contributed by atoms with Crippen molar-refractivity contribution in [2.75, 3.05) is 0 Å². The predicted octanol–water partition coefficient (Wildman–Crippen LogP) is 8.97. The van der Waals surface area contributed by atoms with Crippen LogP contribution in [0.2, 0.25) is 0 Å². The molecule has 4 heteroatoms. The third kappa shape index (κ3) is 2.84. The number of phenols is 1. The van der Waals surface area contributed by atoms with Crippen LogP contribution in [-0.4, -0.2) is 10.1 Å². The Morgan fingerprint density at radius 3 is 2.31 bits per heavy atom. The number of nitrogens with zero attached hydrogens (tertiary/aromatic N) is 1. The second-order valence-corrected chi connectivity index (χ2v) is 9.98. The maximum atomic E-state index is 10.9. The van der Waals surface area contributed by atoms with Crippen LogP contribution in [-0.2, 0) is 5.41 Å².